The number of hydrogen-bond donors (Lipinski definition) is 1. The molecule has 1 atom stereocenters. The van der Waals surface area contributed by atoms with E-state index in [1.165, 1.54) is 0 Å². The third-order valence-electron chi connectivity index (χ3n) is 4.80. The lowest BCUT2D eigenvalue weighted by atomic mass is 9.94. The van der Waals surface area contributed by atoms with Crippen molar-refractivity contribution in [2.45, 2.75) is 25.7 Å². The van der Waals surface area contributed by atoms with Gasteiger partial charge in [0.05, 0.1) is 12.5 Å². The predicted octanol–water partition coefficient (Wildman–Crippen LogP) is 2.30. The lowest BCUT2D eigenvalue weighted by molar-refractivity contribution is -0.137. The van der Waals surface area contributed by atoms with Crippen molar-refractivity contribution in [1.82, 2.24) is 10.2 Å². The third kappa shape index (κ3) is 4.01. The molecule has 22 heavy (non-hydrogen) atoms. The fraction of sp³-hybridized carbons (Fsp3) is 0.611. The topological polar surface area (TPSA) is 41.6 Å². The van der Waals surface area contributed by atoms with Gasteiger partial charge in [0, 0.05) is 19.6 Å². The summed E-state index contributed by atoms with van der Waals surface area (Å²) in [4.78, 5) is 14.6. The summed E-state index contributed by atoms with van der Waals surface area (Å²) < 4.78 is 5.84. The molecule has 1 aromatic carbocycles. The number of ether oxygens (including phenoxy) is 1. The molecule has 2 saturated heterocycles. The van der Waals surface area contributed by atoms with E-state index in [1.54, 1.807) is 0 Å². The molecule has 1 amide bonds. The van der Waals surface area contributed by atoms with Crippen LogP contribution in [0.1, 0.15) is 25.7 Å². The van der Waals surface area contributed by atoms with Crippen LogP contribution in [-0.2, 0) is 4.79 Å². The zero-order chi connectivity index (χ0) is 15.2. The number of carbonyl (C=O) groups excluding carboxylic acids is 1. The van der Waals surface area contributed by atoms with Gasteiger partial charge in [-0.15, -0.1) is 0 Å². The number of nitrogens with one attached hydrogen (secondary N) is 1. The Labute approximate surface area is 132 Å². The van der Waals surface area contributed by atoms with Crippen molar-refractivity contribution in [3.05, 3.63) is 30.3 Å². The first-order valence-electron chi connectivity index (χ1n) is 8.50. The standard InChI is InChI=1S/C18H26N2O2/c21-18(16-5-4-10-19-13-16)20-11-8-15(9-12-20)14-22-17-6-2-1-3-7-17/h1-3,6-7,15-16,19H,4-5,8-14H2. The average molecular weight is 302 g/mol. The Morgan fingerprint density at radius 3 is 2.64 bits per heavy atom. The van der Waals surface area contributed by atoms with Gasteiger partial charge in [-0.25, -0.2) is 0 Å². The highest BCUT2D eigenvalue weighted by atomic mass is 16.5. The Kier molecular flexibility index (Phi) is 5.33. The third-order valence-corrected chi connectivity index (χ3v) is 4.80. The van der Waals surface area contributed by atoms with Gasteiger partial charge >= 0.3 is 0 Å². The molecule has 4 nitrogen and oxygen atoms in total. The highest BCUT2D eigenvalue weighted by Crippen LogP contribution is 2.22. The van der Waals surface area contributed by atoms with Gasteiger partial charge in [0.25, 0.3) is 0 Å². The molecule has 0 aliphatic carbocycles. The fourth-order valence-electron chi connectivity index (χ4n) is 3.37. The van der Waals surface area contributed by atoms with Crippen LogP contribution in [0.15, 0.2) is 30.3 Å². The van der Waals surface area contributed by atoms with E-state index in [0.717, 1.165) is 64.2 Å². The molecule has 2 aliphatic rings. The number of carbonyl (C=O) groups is 1. The zero-order valence-corrected chi connectivity index (χ0v) is 13.2. The number of para-hydroxylation sites is 1. The summed E-state index contributed by atoms with van der Waals surface area (Å²) in [6, 6.07) is 9.98. The van der Waals surface area contributed by atoms with E-state index in [4.69, 9.17) is 4.74 Å². The van der Waals surface area contributed by atoms with Crippen LogP contribution in [-0.4, -0.2) is 43.6 Å². The van der Waals surface area contributed by atoms with E-state index in [9.17, 15) is 4.79 Å². The summed E-state index contributed by atoms with van der Waals surface area (Å²) in [6.45, 7) is 4.45. The molecule has 0 aromatic heterocycles. The molecule has 2 fully saturated rings. The second-order valence-corrected chi connectivity index (χ2v) is 6.44. The van der Waals surface area contributed by atoms with Gasteiger partial charge in [0.15, 0.2) is 0 Å². The minimum Gasteiger partial charge on any atom is -0.493 e. The highest BCUT2D eigenvalue weighted by Gasteiger charge is 2.29. The molecule has 1 N–H and O–H groups in total. The molecule has 0 bridgehead atoms. The summed E-state index contributed by atoms with van der Waals surface area (Å²) in [7, 11) is 0. The number of benzene rings is 1. The maximum atomic E-state index is 12.5. The van der Waals surface area contributed by atoms with Crippen LogP contribution < -0.4 is 10.1 Å². The maximum Gasteiger partial charge on any atom is 0.226 e. The molecule has 0 spiro atoms. The molecule has 0 saturated carbocycles. The van der Waals surface area contributed by atoms with Gasteiger partial charge in [0.1, 0.15) is 5.75 Å². The Morgan fingerprint density at radius 2 is 1.95 bits per heavy atom. The fourth-order valence-corrected chi connectivity index (χ4v) is 3.37. The minimum atomic E-state index is 0.200. The van der Waals surface area contributed by atoms with Crippen molar-refractivity contribution < 1.29 is 9.53 Å². The number of piperidine rings is 2. The lowest BCUT2D eigenvalue weighted by Gasteiger charge is -2.35. The van der Waals surface area contributed by atoms with Gasteiger partial charge in [-0.3, -0.25) is 4.79 Å². The second kappa shape index (κ2) is 7.63. The lowest BCUT2D eigenvalue weighted by Crippen LogP contribution is -2.46. The van der Waals surface area contributed by atoms with Gasteiger partial charge < -0.3 is 15.0 Å². The maximum absolute atomic E-state index is 12.5. The largest absolute Gasteiger partial charge is 0.493 e. The SMILES string of the molecule is O=C(C1CCCNC1)N1CCC(COc2ccccc2)CC1. The van der Waals surface area contributed by atoms with E-state index in [-0.39, 0.29) is 5.92 Å². The van der Waals surface area contributed by atoms with Crippen LogP contribution in [0.3, 0.4) is 0 Å². The molecule has 2 heterocycles. The Morgan fingerprint density at radius 1 is 1.18 bits per heavy atom. The Bertz CT molecular complexity index is 463. The number of hydrogen-bond acceptors (Lipinski definition) is 3. The van der Waals surface area contributed by atoms with Crippen molar-refractivity contribution >= 4 is 5.91 Å². The molecule has 120 valence electrons. The second-order valence-electron chi connectivity index (χ2n) is 6.44. The minimum absolute atomic E-state index is 0.200. The molecule has 3 rings (SSSR count). The van der Waals surface area contributed by atoms with Crippen LogP contribution in [0.2, 0.25) is 0 Å². The van der Waals surface area contributed by atoms with Crippen molar-refractivity contribution in [3.8, 4) is 5.75 Å². The normalized spacial score (nSPS) is 23.3. The molecular formula is C18H26N2O2. The van der Waals surface area contributed by atoms with Gasteiger partial charge in [-0.1, -0.05) is 18.2 Å². The van der Waals surface area contributed by atoms with Crippen molar-refractivity contribution in [2.75, 3.05) is 32.8 Å². The quantitative estimate of drug-likeness (QED) is 0.928. The van der Waals surface area contributed by atoms with Crippen molar-refractivity contribution in [3.63, 3.8) is 0 Å². The number of amides is 1. The molecule has 1 aromatic rings. The van der Waals surface area contributed by atoms with Crippen LogP contribution >= 0.6 is 0 Å². The zero-order valence-electron chi connectivity index (χ0n) is 13.2. The van der Waals surface area contributed by atoms with Gasteiger partial charge in [-0.05, 0) is 50.3 Å². The van der Waals surface area contributed by atoms with Crippen molar-refractivity contribution in [1.29, 1.82) is 0 Å². The summed E-state index contributed by atoms with van der Waals surface area (Å²) >= 11 is 0. The molecule has 0 radical (unpaired) electrons. The summed E-state index contributed by atoms with van der Waals surface area (Å²) in [5, 5.41) is 3.33. The Balaban J connectivity index is 1.41. The van der Waals surface area contributed by atoms with E-state index in [1.807, 2.05) is 30.3 Å². The predicted molar refractivity (Wildman–Crippen MR) is 86.8 cm³/mol. The molecular weight excluding hydrogens is 276 g/mol. The smallest absolute Gasteiger partial charge is 0.226 e. The molecule has 4 heteroatoms. The van der Waals surface area contributed by atoms with E-state index in [0.29, 0.717) is 11.8 Å². The van der Waals surface area contributed by atoms with Gasteiger partial charge in [-0.2, -0.15) is 0 Å². The van der Waals surface area contributed by atoms with E-state index in [2.05, 4.69) is 10.2 Å². The summed E-state index contributed by atoms with van der Waals surface area (Å²) in [5.41, 5.74) is 0. The molecule has 1 unspecified atom stereocenters. The van der Waals surface area contributed by atoms with Crippen LogP contribution in [0.5, 0.6) is 5.75 Å². The van der Waals surface area contributed by atoms with Crippen LogP contribution in [0, 0.1) is 11.8 Å². The van der Waals surface area contributed by atoms with E-state index < -0.39 is 0 Å². The van der Waals surface area contributed by atoms with Crippen molar-refractivity contribution in [2.24, 2.45) is 11.8 Å². The summed E-state index contributed by atoms with van der Waals surface area (Å²) in [6.07, 6.45) is 4.28. The van der Waals surface area contributed by atoms with Gasteiger partial charge in [0.2, 0.25) is 5.91 Å². The first-order valence-corrected chi connectivity index (χ1v) is 8.50. The Hall–Kier alpha value is -1.55. The number of likely N-dealkylation sites (tertiary alicyclic amines) is 1. The molecule has 2 aliphatic heterocycles. The summed E-state index contributed by atoms with van der Waals surface area (Å²) in [5.74, 6) is 2.06. The number of rotatable bonds is 4. The first kappa shape index (κ1) is 15.3. The van der Waals surface area contributed by atoms with Crippen LogP contribution in [0.25, 0.3) is 0 Å². The monoisotopic (exact) mass is 302 g/mol. The van der Waals surface area contributed by atoms with Crippen LogP contribution in [0.4, 0.5) is 0 Å². The number of nitrogens with zero attached hydrogens (tertiary/aromatic N) is 1. The highest BCUT2D eigenvalue weighted by molar-refractivity contribution is 5.79. The van der Waals surface area contributed by atoms with E-state index >= 15 is 0 Å². The average Bonchev–Trinajstić information content (AvgIpc) is 2.61. The first-order chi connectivity index (χ1) is 10.8.